The number of benzene rings is 3. The highest BCUT2D eigenvalue weighted by Gasteiger charge is 2.27. The van der Waals surface area contributed by atoms with Gasteiger partial charge in [-0.05, 0) is 42.5 Å². The van der Waals surface area contributed by atoms with E-state index in [4.69, 9.17) is 9.47 Å². The predicted octanol–water partition coefficient (Wildman–Crippen LogP) is 3.57. The lowest BCUT2D eigenvalue weighted by atomic mass is 10.2. The van der Waals surface area contributed by atoms with Crippen molar-refractivity contribution in [1.82, 2.24) is 5.43 Å². The molecule has 1 aliphatic rings. The molecule has 0 aromatic heterocycles. The number of rotatable bonds is 7. The predicted molar refractivity (Wildman–Crippen MR) is 128 cm³/mol. The molecule has 0 aliphatic carbocycles. The molecule has 0 saturated carbocycles. The number of sulfonamides is 1. The zero-order valence-corrected chi connectivity index (χ0v) is 19.8. The summed E-state index contributed by atoms with van der Waals surface area (Å²) in [5.74, 6) is 0.545. The molecule has 1 aliphatic heterocycles. The van der Waals surface area contributed by atoms with E-state index < -0.39 is 22.5 Å². The van der Waals surface area contributed by atoms with Crippen molar-refractivity contribution < 1.29 is 22.7 Å². The fourth-order valence-electron chi connectivity index (χ4n) is 3.20. The minimum absolute atomic E-state index is 0.0781. The van der Waals surface area contributed by atoms with Gasteiger partial charge in [-0.1, -0.05) is 46.3 Å². The summed E-state index contributed by atoms with van der Waals surface area (Å²) in [7, 11) is -3.99. The minimum Gasteiger partial charge on any atom is -0.486 e. The number of halogens is 1. The molecule has 0 unspecified atom stereocenters. The maximum Gasteiger partial charge on any atom is 0.264 e. The van der Waals surface area contributed by atoms with Crippen LogP contribution < -0.4 is 19.2 Å². The lowest BCUT2D eigenvalue weighted by Crippen LogP contribution is -2.39. The first kappa shape index (κ1) is 22.8. The van der Waals surface area contributed by atoms with Gasteiger partial charge in [0.15, 0.2) is 11.5 Å². The Morgan fingerprint density at radius 2 is 1.79 bits per heavy atom. The minimum atomic E-state index is -3.99. The number of amides is 1. The van der Waals surface area contributed by atoms with E-state index in [0.29, 0.717) is 40.4 Å². The molecule has 10 heteroatoms. The van der Waals surface area contributed by atoms with Gasteiger partial charge in [0.05, 0.1) is 16.8 Å². The van der Waals surface area contributed by atoms with E-state index in [9.17, 15) is 13.2 Å². The van der Waals surface area contributed by atoms with Crippen LogP contribution in [0.4, 0.5) is 5.69 Å². The number of hydrazone groups is 1. The highest BCUT2D eigenvalue weighted by Crippen LogP contribution is 2.32. The molecular weight excluding hydrogens is 510 g/mol. The molecule has 8 nitrogen and oxygen atoms in total. The van der Waals surface area contributed by atoms with Crippen LogP contribution in [0.1, 0.15) is 5.56 Å². The topological polar surface area (TPSA) is 97.3 Å². The summed E-state index contributed by atoms with van der Waals surface area (Å²) >= 11 is 3.35. The van der Waals surface area contributed by atoms with Gasteiger partial charge in [0.1, 0.15) is 19.8 Å². The van der Waals surface area contributed by atoms with Gasteiger partial charge in [0.25, 0.3) is 15.9 Å². The second-order valence-corrected chi connectivity index (χ2v) is 9.75. The standard InChI is InChI=1S/C23H20BrN3O5S/c24-18-7-5-8-19(14-18)27(33(29,30)20-9-2-1-3-10-20)16-22(28)26-25-15-17-6-4-11-21-23(17)32-13-12-31-21/h1-11,14-15H,12-13,16H2,(H,26,28)/b25-15+. The van der Waals surface area contributed by atoms with Gasteiger partial charge < -0.3 is 9.47 Å². The number of ether oxygens (including phenoxy) is 2. The van der Waals surface area contributed by atoms with E-state index in [1.54, 1.807) is 60.7 Å². The lowest BCUT2D eigenvalue weighted by Gasteiger charge is -2.24. The number of carbonyl (C=O) groups is 1. The lowest BCUT2D eigenvalue weighted by molar-refractivity contribution is -0.119. The molecule has 1 N–H and O–H groups in total. The van der Waals surface area contributed by atoms with Crippen molar-refractivity contribution in [3.8, 4) is 11.5 Å². The van der Waals surface area contributed by atoms with Crippen molar-refractivity contribution in [2.75, 3.05) is 24.1 Å². The molecule has 0 fully saturated rings. The molecule has 0 radical (unpaired) electrons. The Bertz CT molecular complexity index is 1280. The van der Waals surface area contributed by atoms with E-state index in [2.05, 4.69) is 26.5 Å². The molecule has 1 heterocycles. The van der Waals surface area contributed by atoms with Crippen LogP contribution in [-0.4, -0.2) is 40.3 Å². The van der Waals surface area contributed by atoms with Crippen LogP contribution in [0.25, 0.3) is 0 Å². The number of nitrogens with zero attached hydrogens (tertiary/aromatic N) is 2. The number of hydrogen-bond donors (Lipinski definition) is 1. The summed E-state index contributed by atoms with van der Waals surface area (Å²) in [5.41, 5.74) is 3.37. The van der Waals surface area contributed by atoms with Crippen molar-refractivity contribution in [3.63, 3.8) is 0 Å². The Balaban J connectivity index is 1.54. The van der Waals surface area contributed by atoms with Crippen molar-refractivity contribution >= 4 is 43.8 Å². The maximum absolute atomic E-state index is 13.3. The molecule has 0 bridgehead atoms. The normalized spacial score (nSPS) is 13.0. The zero-order valence-electron chi connectivity index (χ0n) is 17.3. The van der Waals surface area contributed by atoms with Crippen molar-refractivity contribution in [2.24, 2.45) is 5.10 Å². The molecule has 3 aromatic rings. The van der Waals surface area contributed by atoms with Gasteiger partial charge in [0.2, 0.25) is 0 Å². The largest absolute Gasteiger partial charge is 0.486 e. The molecular formula is C23H20BrN3O5S. The van der Waals surface area contributed by atoms with Crippen LogP contribution in [0, 0.1) is 0 Å². The first-order valence-corrected chi connectivity index (χ1v) is 12.2. The maximum atomic E-state index is 13.3. The summed E-state index contributed by atoms with van der Waals surface area (Å²) < 4.78 is 39.5. The Kier molecular flexibility index (Phi) is 6.95. The summed E-state index contributed by atoms with van der Waals surface area (Å²) in [5, 5.41) is 3.98. The monoisotopic (exact) mass is 529 g/mol. The van der Waals surface area contributed by atoms with Crippen LogP contribution >= 0.6 is 15.9 Å². The number of nitrogens with one attached hydrogen (secondary N) is 1. The fourth-order valence-corrected chi connectivity index (χ4v) is 5.02. The molecule has 0 atom stereocenters. The first-order valence-electron chi connectivity index (χ1n) is 9.99. The molecule has 170 valence electrons. The quantitative estimate of drug-likeness (QED) is 0.372. The van der Waals surface area contributed by atoms with E-state index in [-0.39, 0.29) is 4.90 Å². The van der Waals surface area contributed by atoms with Crippen LogP contribution in [0.5, 0.6) is 11.5 Å². The number of carbonyl (C=O) groups excluding carboxylic acids is 1. The van der Waals surface area contributed by atoms with Crippen LogP contribution in [0.3, 0.4) is 0 Å². The third-order valence-corrected chi connectivity index (χ3v) is 6.99. The summed E-state index contributed by atoms with van der Waals surface area (Å²) in [6, 6.07) is 20.0. The van der Waals surface area contributed by atoms with Gasteiger partial charge >= 0.3 is 0 Å². The second-order valence-electron chi connectivity index (χ2n) is 6.97. The SMILES string of the molecule is O=C(CN(c1cccc(Br)c1)S(=O)(=O)c1ccccc1)N/N=C/c1cccc2c1OCCO2. The fraction of sp³-hybridized carbons (Fsp3) is 0.130. The second kappa shape index (κ2) is 10.1. The summed E-state index contributed by atoms with van der Waals surface area (Å²) in [4.78, 5) is 12.7. The third kappa shape index (κ3) is 5.35. The average Bonchev–Trinajstić information content (AvgIpc) is 2.83. The van der Waals surface area contributed by atoms with E-state index in [0.717, 1.165) is 4.31 Å². The van der Waals surface area contributed by atoms with Crippen molar-refractivity contribution in [2.45, 2.75) is 4.90 Å². The number of para-hydroxylation sites is 1. The van der Waals surface area contributed by atoms with E-state index in [1.807, 2.05) is 0 Å². The van der Waals surface area contributed by atoms with Crippen molar-refractivity contribution in [3.05, 3.63) is 82.8 Å². The summed E-state index contributed by atoms with van der Waals surface area (Å²) in [6.45, 7) is 0.423. The molecule has 3 aromatic carbocycles. The first-order chi connectivity index (χ1) is 15.9. The molecule has 1 amide bonds. The Morgan fingerprint density at radius 3 is 2.58 bits per heavy atom. The highest BCUT2D eigenvalue weighted by molar-refractivity contribution is 9.10. The van der Waals surface area contributed by atoms with Crippen LogP contribution in [0.2, 0.25) is 0 Å². The molecule has 4 rings (SSSR count). The number of fused-ring (bicyclic) bond motifs is 1. The molecule has 0 saturated heterocycles. The van der Waals surface area contributed by atoms with Crippen LogP contribution in [0.15, 0.2) is 87.3 Å². The van der Waals surface area contributed by atoms with E-state index >= 15 is 0 Å². The third-order valence-electron chi connectivity index (χ3n) is 4.70. The molecule has 0 spiro atoms. The van der Waals surface area contributed by atoms with Gasteiger partial charge in [-0.3, -0.25) is 9.10 Å². The number of anilines is 1. The van der Waals surface area contributed by atoms with E-state index in [1.165, 1.54) is 18.3 Å². The van der Waals surface area contributed by atoms with Gasteiger partial charge in [-0.25, -0.2) is 13.8 Å². The Hall–Kier alpha value is -3.37. The Morgan fingerprint density at radius 1 is 1.03 bits per heavy atom. The average molecular weight is 530 g/mol. The van der Waals surface area contributed by atoms with Gasteiger partial charge in [0, 0.05) is 10.0 Å². The smallest absolute Gasteiger partial charge is 0.264 e. The number of hydrogen-bond acceptors (Lipinski definition) is 6. The summed E-state index contributed by atoms with van der Waals surface area (Å²) in [6.07, 6.45) is 1.43. The Labute approximate surface area is 200 Å². The van der Waals surface area contributed by atoms with Gasteiger partial charge in [-0.15, -0.1) is 0 Å². The zero-order chi connectivity index (χ0) is 23.3. The molecule has 33 heavy (non-hydrogen) atoms. The van der Waals surface area contributed by atoms with Crippen molar-refractivity contribution in [1.29, 1.82) is 0 Å². The van der Waals surface area contributed by atoms with Crippen LogP contribution in [-0.2, 0) is 14.8 Å². The highest BCUT2D eigenvalue weighted by atomic mass is 79.9. The van der Waals surface area contributed by atoms with Gasteiger partial charge in [-0.2, -0.15) is 5.10 Å².